The number of hydrogen-bond acceptors (Lipinski definition) is 4. The monoisotopic (exact) mass is 293 g/mol. The van der Waals surface area contributed by atoms with Gasteiger partial charge in [-0.05, 0) is 38.1 Å². The Morgan fingerprint density at radius 1 is 1.25 bits per heavy atom. The second-order valence-corrected chi connectivity index (χ2v) is 7.02. The number of nitrogens with zero attached hydrogens (tertiary/aromatic N) is 2. The Bertz CT molecular complexity index is 703. The molecule has 1 N–H and O–H groups in total. The van der Waals surface area contributed by atoms with E-state index < -0.39 is 9.84 Å². The molecule has 0 spiro atoms. The molecule has 2 aromatic rings. The molecule has 2 rings (SSSR count). The summed E-state index contributed by atoms with van der Waals surface area (Å²) in [6.45, 7) is 4.02. The van der Waals surface area contributed by atoms with Crippen LogP contribution in [0.4, 0.5) is 5.69 Å². The summed E-state index contributed by atoms with van der Waals surface area (Å²) in [4.78, 5) is 0.327. The van der Waals surface area contributed by atoms with Crippen molar-refractivity contribution < 1.29 is 8.42 Å². The molecule has 0 radical (unpaired) electrons. The maximum Gasteiger partial charge on any atom is 0.175 e. The highest BCUT2D eigenvalue weighted by Crippen LogP contribution is 2.22. The van der Waals surface area contributed by atoms with E-state index in [-0.39, 0.29) is 6.04 Å². The standard InChI is InChI=1S/C14H19N3O2S/c1-10(14-9-17(3)16-11(14)2)15-12-5-7-13(8-6-12)20(4,18)19/h5-10,15H,1-4H3. The molecule has 6 heteroatoms. The van der Waals surface area contributed by atoms with Gasteiger partial charge in [-0.2, -0.15) is 5.10 Å². The van der Waals surface area contributed by atoms with Gasteiger partial charge in [-0.1, -0.05) is 0 Å². The number of rotatable bonds is 4. The lowest BCUT2D eigenvalue weighted by atomic mass is 10.1. The molecule has 5 nitrogen and oxygen atoms in total. The first-order valence-electron chi connectivity index (χ1n) is 6.34. The summed E-state index contributed by atoms with van der Waals surface area (Å²) in [7, 11) is -1.25. The van der Waals surface area contributed by atoms with Gasteiger partial charge in [0.05, 0.1) is 16.6 Å². The zero-order valence-corrected chi connectivity index (χ0v) is 12.9. The third-order valence-electron chi connectivity index (χ3n) is 3.18. The quantitative estimate of drug-likeness (QED) is 0.939. The van der Waals surface area contributed by atoms with E-state index in [2.05, 4.69) is 17.3 Å². The molecule has 1 atom stereocenters. The smallest absolute Gasteiger partial charge is 0.175 e. The van der Waals surface area contributed by atoms with Crippen LogP contribution in [0.5, 0.6) is 0 Å². The summed E-state index contributed by atoms with van der Waals surface area (Å²) in [5.41, 5.74) is 2.99. The number of aryl methyl sites for hydroxylation is 2. The predicted octanol–water partition coefficient (Wildman–Crippen LogP) is 2.31. The van der Waals surface area contributed by atoms with E-state index in [1.807, 2.05) is 20.2 Å². The minimum Gasteiger partial charge on any atom is -0.378 e. The third kappa shape index (κ3) is 3.19. The van der Waals surface area contributed by atoms with Gasteiger partial charge in [0.2, 0.25) is 0 Å². The van der Waals surface area contributed by atoms with Gasteiger partial charge >= 0.3 is 0 Å². The molecule has 1 unspecified atom stereocenters. The number of benzene rings is 1. The Morgan fingerprint density at radius 2 is 1.85 bits per heavy atom. The van der Waals surface area contributed by atoms with E-state index in [9.17, 15) is 8.42 Å². The summed E-state index contributed by atoms with van der Waals surface area (Å²) in [5, 5.41) is 7.66. The maximum atomic E-state index is 11.4. The molecule has 0 aliphatic rings. The van der Waals surface area contributed by atoms with Crippen LogP contribution in [0.1, 0.15) is 24.2 Å². The van der Waals surface area contributed by atoms with Crippen molar-refractivity contribution >= 4 is 15.5 Å². The first kappa shape index (κ1) is 14.6. The molecule has 0 aliphatic carbocycles. The summed E-state index contributed by atoms with van der Waals surface area (Å²) in [6, 6.07) is 6.88. The first-order valence-corrected chi connectivity index (χ1v) is 8.23. The highest BCUT2D eigenvalue weighted by atomic mass is 32.2. The van der Waals surface area contributed by atoms with Crippen LogP contribution < -0.4 is 5.32 Å². The summed E-state index contributed by atoms with van der Waals surface area (Å²) in [6.07, 6.45) is 3.19. The number of aromatic nitrogens is 2. The average Bonchev–Trinajstić information content (AvgIpc) is 2.68. The van der Waals surface area contributed by atoms with Crippen molar-refractivity contribution in [3.05, 3.63) is 41.7 Å². The van der Waals surface area contributed by atoms with Gasteiger partial charge in [0.1, 0.15) is 0 Å². The van der Waals surface area contributed by atoms with Crippen molar-refractivity contribution in [3.8, 4) is 0 Å². The van der Waals surface area contributed by atoms with Crippen LogP contribution in [0, 0.1) is 6.92 Å². The van der Waals surface area contributed by atoms with Gasteiger partial charge in [-0.25, -0.2) is 8.42 Å². The Labute approximate surface area is 119 Å². The average molecular weight is 293 g/mol. The maximum absolute atomic E-state index is 11.4. The minimum absolute atomic E-state index is 0.104. The molecular weight excluding hydrogens is 274 g/mol. The highest BCUT2D eigenvalue weighted by Gasteiger charge is 2.12. The Kier molecular flexibility index (Phi) is 3.85. The highest BCUT2D eigenvalue weighted by molar-refractivity contribution is 7.90. The topological polar surface area (TPSA) is 64.0 Å². The third-order valence-corrected chi connectivity index (χ3v) is 4.31. The van der Waals surface area contributed by atoms with Crippen LogP contribution in [0.15, 0.2) is 35.4 Å². The van der Waals surface area contributed by atoms with Crippen molar-refractivity contribution in [2.75, 3.05) is 11.6 Å². The Balaban J connectivity index is 2.16. The predicted molar refractivity (Wildman–Crippen MR) is 79.5 cm³/mol. The van der Waals surface area contributed by atoms with Crippen LogP contribution in [-0.4, -0.2) is 24.5 Å². The van der Waals surface area contributed by atoms with Gasteiger partial charge in [-0.15, -0.1) is 0 Å². The van der Waals surface area contributed by atoms with Gasteiger partial charge in [0.15, 0.2) is 9.84 Å². The fourth-order valence-electron chi connectivity index (χ4n) is 2.17. The second-order valence-electron chi connectivity index (χ2n) is 5.01. The molecule has 0 saturated carbocycles. The van der Waals surface area contributed by atoms with E-state index in [1.54, 1.807) is 28.9 Å². The van der Waals surface area contributed by atoms with E-state index in [0.717, 1.165) is 16.9 Å². The van der Waals surface area contributed by atoms with Gasteiger partial charge in [0, 0.05) is 30.8 Å². The zero-order valence-electron chi connectivity index (χ0n) is 12.1. The van der Waals surface area contributed by atoms with Crippen molar-refractivity contribution in [2.45, 2.75) is 24.8 Å². The molecular formula is C14H19N3O2S. The molecule has 1 heterocycles. The zero-order chi connectivity index (χ0) is 14.9. The lowest BCUT2D eigenvalue weighted by Gasteiger charge is -2.14. The second kappa shape index (κ2) is 5.28. The molecule has 0 bridgehead atoms. The van der Waals surface area contributed by atoms with Crippen LogP contribution >= 0.6 is 0 Å². The van der Waals surface area contributed by atoms with Crippen molar-refractivity contribution in [3.63, 3.8) is 0 Å². The van der Waals surface area contributed by atoms with Gasteiger partial charge < -0.3 is 5.32 Å². The molecule has 108 valence electrons. The fourth-order valence-corrected chi connectivity index (χ4v) is 2.80. The summed E-state index contributed by atoms with van der Waals surface area (Å²) < 4.78 is 24.6. The van der Waals surface area contributed by atoms with Crippen LogP contribution in [0.2, 0.25) is 0 Å². The molecule has 20 heavy (non-hydrogen) atoms. The first-order chi connectivity index (χ1) is 9.27. The molecule has 1 aromatic heterocycles. The van der Waals surface area contributed by atoms with E-state index >= 15 is 0 Å². The molecule has 1 aromatic carbocycles. The van der Waals surface area contributed by atoms with Crippen molar-refractivity contribution in [1.82, 2.24) is 9.78 Å². The largest absolute Gasteiger partial charge is 0.378 e. The SMILES string of the molecule is Cc1nn(C)cc1C(C)Nc1ccc(S(C)(=O)=O)cc1. The number of sulfone groups is 1. The van der Waals surface area contributed by atoms with Crippen LogP contribution in [0.25, 0.3) is 0 Å². The van der Waals surface area contributed by atoms with Crippen molar-refractivity contribution in [2.24, 2.45) is 7.05 Å². The van der Waals surface area contributed by atoms with Gasteiger partial charge in [0.25, 0.3) is 0 Å². The molecule has 0 amide bonds. The normalized spacial score (nSPS) is 13.2. The lowest BCUT2D eigenvalue weighted by Crippen LogP contribution is -2.07. The fraction of sp³-hybridized carbons (Fsp3) is 0.357. The molecule has 0 aliphatic heterocycles. The lowest BCUT2D eigenvalue weighted by molar-refractivity contribution is 0.602. The molecule has 0 saturated heterocycles. The number of hydrogen-bond donors (Lipinski definition) is 1. The number of nitrogens with one attached hydrogen (secondary N) is 1. The minimum atomic E-state index is -3.14. The van der Waals surface area contributed by atoms with E-state index in [0.29, 0.717) is 4.90 Å². The van der Waals surface area contributed by atoms with Crippen LogP contribution in [-0.2, 0) is 16.9 Å². The van der Waals surface area contributed by atoms with Gasteiger partial charge in [-0.3, -0.25) is 4.68 Å². The van der Waals surface area contributed by atoms with E-state index in [1.165, 1.54) is 6.26 Å². The van der Waals surface area contributed by atoms with Crippen molar-refractivity contribution in [1.29, 1.82) is 0 Å². The van der Waals surface area contributed by atoms with E-state index in [4.69, 9.17) is 0 Å². The summed E-state index contributed by atoms with van der Waals surface area (Å²) in [5.74, 6) is 0. The van der Waals surface area contributed by atoms with Crippen LogP contribution in [0.3, 0.4) is 0 Å². The number of anilines is 1. The molecule has 0 fully saturated rings. The Morgan fingerprint density at radius 3 is 2.30 bits per heavy atom. The Hall–Kier alpha value is -1.82. The summed E-state index contributed by atoms with van der Waals surface area (Å²) >= 11 is 0.